The van der Waals surface area contributed by atoms with Crippen molar-refractivity contribution in [1.29, 1.82) is 0 Å². The molecule has 0 fully saturated rings. The van der Waals surface area contributed by atoms with Crippen LogP contribution in [0.5, 0.6) is 17.2 Å². The fourth-order valence-electron chi connectivity index (χ4n) is 0.874. The van der Waals surface area contributed by atoms with Crippen molar-refractivity contribution in [2.75, 3.05) is 20.0 Å². The summed E-state index contributed by atoms with van der Waals surface area (Å²) in [4.78, 5) is 0. The first kappa shape index (κ1) is 11.7. The van der Waals surface area contributed by atoms with Crippen LogP contribution in [-0.4, -0.2) is 19.3 Å². The molecule has 1 aromatic rings. The van der Waals surface area contributed by atoms with Gasteiger partial charge in [0.1, 0.15) is 22.9 Å². The molecule has 0 saturated carbocycles. The third-order valence-corrected chi connectivity index (χ3v) is 1.55. The number of phenolic OH excluding ortho intramolecular Hbond substituents is 1. The van der Waals surface area contributed by atoms with E-state index in [2.05, 4.69) is 0 Å². The minimum atomic E-state index is -0.0359. The van der Waals surface area contributed by atoms with Crippen LogP contribution in [0.2, 0.25) is 0 Å². The molecule has 0 aliphatic rings. The van der Waals surface area contributed by atoms with Crippen molar-refractivity contribution < 1.29 is 14.6 Å². The molecular formula is C8H12ClNO3. The number of aromatic hydroxyl groups is 1. The van der Waals surface area contributed by atoms with Gasteiger partial charge in [-0.05, 0) is 0 Å². The van der Waals surface area contributed by atoms with Gasteiger partial charge in [-0.15, -0.1) is 12.4 Å². The molecule has 0 bridgehead atoms. The molecule has 13 heavy (non-hydrogen) atoms. The van der Waals surface area contributed by atoms with Gasteiger partial charge in [-0.1, -0.05) is 0 Å². The molecule has 0 saturated heterocycles. The fourth-order valence-corrected chi connectivity index (χ4v) is 0.874. The highest BCUT2D eigenvalue weighted by Gasteiger charge is 2.06. The van der Waals surface area contributed by atoms with E-state index in [0.29, 0.717) is 11.5 Å². The van der Waals surface area contributed by atoms with Crippen LogP contribution >= 0.6 is 12.4 Å². The highest BCUT2D eigenvalue weighted by molar-refractivity contribution is 5.85. The zero-order valence-corrected chi connectivity index (χ0v) is 8.22. The Bertz CT molecular complexity index is 291. The Morgan fingerprint density at radius 2 is 1.85 bits per heavy atom. The van der Waals surface area contributed by atoms with Crippen molar-refractivity contribution in [2.24, 2.45) is 0 Å². The molecule has 0 unspecified atom stereocenters. The van der Waals surface area contributed by atoms with Crippen molar-refractivity contribution in [1.82, 2.24) is 0 Å². The van der Waals surface area contributed by atoms with E-state index in [0.717, 1.165) is 0 Å². The number of phenols is 1. The molecule has 0 aliphatic carbocycles. The van der Waals surface area contributed by atoms with E-state index in [4.69, 9.17) is 15.2 Å². The summed E-state index contributed by atoms with van der Waals surface area (Å²) in [5.74, 6) is 0.886. The Labute approximate surface area is 82.7 Å². The molecule has 0 spiro atoms. The van der Waals surface area contributed by atoms with Crippen LogP contribution in [0.4, 0.5) is 5.69 Å². The number of hydrogen-bond donors (Lipinski definition) is 2. The van der Waals surface area contributed by atoms with E-state index in [1.807, 2.05) is 0 Å². The molecule has 0 aromatic heterocycles. The summed E-state index contributed by atoms with van der Waals surface area (Å²) >= 11 is 0. The third kappa shape index (κ3) is 2.32. The van der Waals surface area contributed by atoms with Gasteiger partial charge in [0.15, 0.2) is 0 Å². The second-order valence-corrected chi connectivity index (χ2v) is 2.26. The smallest absolute Gasteiger partial charge is 0.149 e. The first-order valence-electron chi connectivity index (χ1n) is 3.39. The van der Waals surface area contributed by atoms with Crippen molar-refractivity contribution in [2.45, 2.75) is 0 Å². The number of hydrogen-bond acceptors (Lipinski definition) is 4. The minimum Gasteiger partial charge on any atom is -0.506 e. The standard InChI is InChI=1S/C8H11NO3.ClH/c1-11-5-3-6(10)8(9)7(4-5)12-2;/h3-4,10H,9H2,1-2H3;1H. The topological polar surface area (TPSA) is 64.7 Å². The number of anilines is 1. The first-order chi connectivity index (χ1) is 5.69. The summed E-state index contributed by atoms with van der Waals surface area (Å²) in [5, 5.41) is 9.26. The molecule has 0 heterocycles. The van der Waals surface area contributed by atoms with Crippen molar-refractivity contribution in [3.8, 4) is 17.2 Å². The van der Waals surface area contributed by atoms with E-state index in [-0.39, 0.29) is 23.8 Å². The Morgan fingerprint density at radius 1 is 1.23 bits per heavy atom. The van der Waals surface area contributed by atoms with Crippen molar-refractivity contribution in [3.05, 3.63) is 12.1 Å². The summed E-state index contributed by atoms with van der Waals surface area (Å²) in [5.41, 5.74) is 5.71. The molecule has 0 radical (unpaired) electrons. The summed E-state index contributed by atoms with van der Waals surface area (Å²) in [7, 11) is 2.98. The van der Waals surface area contributed by atoms with E-state index in [1.165, 1.54) is 20.3 Å². The van der Waals surface area contributed by atoms with E-state index in [9.17, 15) is 5.11 Å². The number of methoxy groups -OCH3 is 2. The SMILES string of the molecule is COc1cc(O)c(N)c(OC)c1.Cl. The van der Waals surface area contributed by atoms with E-state index < -0.39 is 0 Å². The second kappa shape index (κ2) is 4.67. The van der Waals surface area contributed by atoms with Gasteiger partial charge in [0.2, 0.25) is 0 Å². The lowest BCUT2D eigenvalue weighted by molar-refractivity contribution is 0.387. The first-order valence-corrected chi connectivity index (χ1v) is 3.39. The van der Waals surface area contributed by atoms with Crippen LogP contribution in [0.1, 0.15) is 0 Å². The van der Waals surface area contributed by atoms with Gasteiger partial charge in [0.05, 0.1) is 14.2 Å². The molecule has 1 rings (SSSR count). The molecule has 0 amide bonds. The van der Waals surface area contributed by atoms with E-state index >= 15 is 0 Å². The van der Waals surface area contributed by atoms with Gasteiger partial charge in [-0.2, -0.15) is 0 Å². The summed E-state index contributed by atoms with van der Waals surface area (Å²) < 4.78 is 9.80. The Hall–Kier alpha value is -1.29. The fraction of sp³-hybridized carbons (Fsp3) is 0.250. The maximum atomic E-state index is 9.26. The largest absolute Gasteiger partial charge is 0.506 e. The maximum Gasteiger partial charge on any atom is 0.149 e. The number of nitrogens with two attached hydrogens (primary N) is 1. The normalized spacial score (nSPS) is 8.77. The predicted octanol–water partition coefficient (Wildman–Crippen LogP) is 1.41. The lowest BCUT2D eigenvalue weighted by Crippen LogP contribution is -1.94. The van der Waals surface area contributed by atoms with Crippen LogP contribution in [-0.2, 0) is 0 Å². The van der Waals surface area contributed by atoms with Gasteiger partial charge in [-0.25, -0.2) is 0 Å². The molecule has 5 heteroatoms. The number of rotatable bonds is 2. The quantitative estimate of drug-likeness (QED) is 0.566. The molecule has 0 aliphatic heterocycles. The van der Waals surface area contributed by atoms with Gasteiger partial charge < -0.3 is 20.3 Å². The molecule has 0 atom stereocenters. The maximum absolute atomic E-state index is 9.26. The number of ether oxygens (including phenoxy) is 2. The summed E-state index contributed by atoms with van der Waals surface area (Å²) in [6, 6.07) is 3.03. The van der Waals surface area contributed by atoms with Crippen LogP contribution < -0.4 is 15.2 Å². The molecule has 74 valence electrons. The predicted molar refractivity (Wildman–Crippen MR) is 52.9 cm³/mol. The van der Waals surface area contributed by atoms with Crippen LogP contribution in [0.3, 0.4) is 0 Å². The second-order valence-electron chi connectivity index (χ2n) is 2.26. The lowest BCUT2D eigenvalue weighted by Gasteiger charge is -2.08. The zero-order chi connectivity index (χ0) is 9.14. The van der Waals surface area contributed by atoms with Gasteiger partial charge in [0.25, 0.3) is 0 Å². The van der Waals surface area contributed by atoms with Crippen LogP contribution in [0.15, 0.2) is 12.1 Å². The average molecular weight is 206 g/mol. The lowest BCUT2D eigenvalue weighted by atomic mass is 10.2. The Morgan fingerprint density at radius 3 is 2.31 bits per heavy atom. The highest BCUT2D eigenvalue weighted by atomic mass is 35.5. The Balaban J connectivity index is 0.00000144. The van der Waals surface area contributed by atoms with Crippen molar-refractivity contribution in [3.63, 3.8) is 0 Å². The van der Waals surface area contributed by atoms with Gasteiger partial charge >= 0.3 is 0 Å². The molecular weight excluding hydrogens is 194 g/mol. The third-order valence-electron chi connectivity index (χ3n) is 1.55. The highest BCUT2D eigenvalue weighted by Crippen LogP contribution is 2.35. The summed E-state index contributed by atoms with van der Waals surface area (Å²) in [6.07, 6.45) is 0. The van der Waals surface area contributed by atoms with Gasteiger partial charge in [0, 0.05) is 12.1 Å². The minimum absolute atomic E-state index is 0. The average Bonchev–Trinajstić information content (AvgIpc) is 2.09. The zero-order valence-electron chi connectivity index (χ0n) is 7.40. The Kier molecular flexibility index (Phi) is 4.20. The van der Waals surface area contributed by atoms with Crippen LogP contribution in [0.25, 0.3) is 0 Å². The van der Waals surface area contributed by atoms with Crippen LogP contribution in [0, 0.1) is 0 Å². The monoisotopic (exact) mass is 205 g/mol. The number of halogens is 1. The van der Waals surface area contributed by atoms with E-state index in [1.54, 1.807) is 6.07 Å². The van der Waals surface area contributed by atoms with Crippen molar-refractivity contribution >= 4 is 18.1 Å². The summed E-state index contributed by atoms with van der Waals surface area (Å²) in [6.45, 7) is 0. The number of nitrogen functional groups attached to an aromatic ring is 1. The number of benzene rings is 1. The van der Waals surface area contributed by atoms with Gasteiger partial charge in [-0.3, -0.25) is 0 Å². The molecule has 1 aromatic carbocycles. The molecule has 3 N–H and O–H groups in total. The molecule has 4 nitrogen and oxygen atoms in total.